The van der Waals surface area contributed by atoms with Crippen LogP contribution in [0.3, 0.4) is 0 Å². The van der Waals surface area contributed by atoms with Gasteiger partial charge in [0.1, 0.15) is 5.00 Å². The van der Waals surface area contributed by atoms with E-state index in [-0.39, 0.29) is 12.5 Å². The van der Waals surface area contributed by atoms with Crippen molar-refractivity contribution in [1.29, 1.82) is 0 Å². The Morgan fingerprint density at radius 1 is 1.19 bits per heavy atom. The third-order valence-corrected chi connectivity index (χ3v) is 5.02. The van der Waals surface area contributed by atoms with Gasteiger partial charge in [-0.25, -0.2) is 0 Å². The maximum Gasteiger partial charge on any atom is 0.262 e. The Morgan fingerprint density at radius 2 is 1.77 bits per heavy atom. The number of nitrogens with two attached hydrogens (primary N) is 1. The summed E-state index contributed by atoms with van der Waals surface area (Å²) in [5, 5.41) is 3.17. The molecular weight excluding hydrogens is 412 g/mol. The van der Waals surface area contributed by atoms with Crippen LogP contribution in [-0.2, 0) is 11.2 Å². The molecular formula is C24H34N2O4S. The molecule has 2 amide bonds. The van der Waals surface area contributed by atoms with Gasteiger partial charge in [-0.3, -0.25) is 9.59 Å². The van der Waals surface area contributed by atoms with Gasteiger partial charge in [0.05, 0.1) is 12.7 Å². The van der Waals surface area contributed by atoms with Crippen LogP contribution in [-0.4, -0.2) is 25.5 Å². The third-order valence-electron chi connectivity index (χ3n) is 3.75. The number of methoxy groups -OCH3 is 1. The van der Waals surface area contributed by atoms with E-state index in [0.717, 1.165) is 23.3 Å². The average molecular weight is 447 g/mol. The standard InChI is InChI=1S/C19H22N2O4S.C3H6.C2H6/c1-4-5-10-15-12(2)17(18(20)23)19(26-15)21-16(22)11-25-14-9-7-6-8-13(14)24-3;1-3-2;1-2/h4,6-9H,1,5,10-11H2,2-3H3,(H2,20,23)(H,21,22);3H,1H2,2H3;1-2H3. The van der Waals surface area contributed by atoms with E-state index in [2.05, 4.69) is 18.5 Å². The number of anilines is 1. The molecule has 0 aliphatic rings. The lowest BCUT2D eigenvalue weighted by Gasteiger charge is -2.10. The Labute approximate surface area is 189 Å². The predicted octanol–water partition coefficient (Wildman–Crippen LogP) is 5.52. The lowest BCUT2D eigenvalue weighted by atomic mass is 10.1. The van der Waals surface area contributed by atoms with Gasteiger partial charge in [0.2, 0.25) is 0 Å². The highest BCUT2D eigenvalue weighted by Gasteiger charge is 2.20. The highest BCUT2D eigenvalue weighted by atomic mass is 32.1. The number of primary amides is 1. The summed E-state index contributed by atoms with van der Waals surface area (Å²) in [5.41, 5.74) is 6.63. The molecule has 0 aliphatic heterocycles. The van der Waals surface area contributed by atoms with Crippen molar-refractivity contribution < 1.29 is 19.1 Å². The summed E-state index contributed by atoms with van der Waals surface area (Å²) in [6.07, 6.45) is 5.08. The number of nitrogens with one attached hydrogen (secondary N) is 1. The van der Waals surface area contributed by atoms with E-state index in [9.17, 15) is 9.59 Å². The number of rotatable bonds is 9. The van der Waals surface area contributed by atoms with Crippen molar-refractivity contribution >= 4 is 28.2 Å². The van der Waals surface area contributed by atoms with Crippen molar-refractivity contribution in [1.82, 2.24) is 0 Å². The quantitative estimate of drug-likeness (QED) is 0.496. The lowest BCUT2D eigenvalue weighted by molar-refractivity contribution is -0.118. The van der Waals surface area contributed by atoms with Gasteiger partial charge in [-0.1, -0.05) is 38.1 Å². The second-order valence-corrected chi connectivity index (χ2v) is 7.05. The van der Waals surface area contributed by atoms with Crippen LogP contribution in [0, 0.1) is 6.92 Å². The van der Waals surface area contributed by atoms with Crippen LogP contribution in [0.4, 0.5) is 5.00 Å². The Morgan fingerprint density at radius 3 is 2.29 bits per heavy atom. The van der Waals surface area contributed by atoms with Gasteiger partial charge in [0.15, 0.2) is 18.1 Å². The Bertz CT molecular complexity index is 859. The maximum atomic E-state index is 12.3. The van der Waals surface area contributed by atoms with Crippen LogP contribution in [0.15, 0.2) is 49.6 Å². The minimum Gasteiger partial charge on any atom is -0.493 e. The predicted molar refractivity (Wildman–Crippen MR) is 130 cm³/mol. The van der Waals surface area contributed by atoms with Crippen molar-refractivity contribution in [3.63, 3.8) is 0 Å². The number of carbonyl (C=O) groups excluding carboxylic acids is 2. The second-order valence-electron chi connectivity index (χ2n) is 5.94. The van der Waals surface area contributed by atoms with Crippen LogP contribution >= 0.6 is 11.3 Å². The number of benzene rings is 1. The molecule has 31 heavy (non-hydrogen) atoms. The summed E-state index contributed by atoms with van der Waals surface area (Å²) >= 11 is 1.35. The molecule has 0 unspecified atom stereocenters. The maximum absolute atomic E-state index is 12.3. The number of ether oxygens (including phenoxy) is 2. The summed E-state index contributed by atoms with van der Waals surface area (Å²) in [5.74, 6) is 0.0607. The van der Waals surface area contributed by atoms with E-state index < -0.39 is 5.91 Å². The number of thiophene rings is 1. The fourth-order valence-corrected chi connectivity index (χ4v) is 3.70. The van der Waals surface area contributed by atoms with Crippen molar-refractivity contribution in [3.05, 3.63) is 65.6 Å². The zero-order valence-corrected chi connectivity index (χ0v) is 19.9. The fourth-order valence-electron chi connectivity index (χ4n) is 2.46. The summed E-state index contributed by atoms with van der Waals surface area (Å²) < 4.78 is 10.7. The highest BCUT2D eigenvalue weighted by molar-refractivity contribution is 7.17. The first-order chi connectivity index (χ1) is 14.9. The minimum atomic E-state index is -0.565. The van der Waals surface area contributed by atoms with Crippen molar-refractivity contribution in [2.75, 3.05) is 19.0 Å². The first-order valence-corrected chi connectivity index (χ1v) is 10.9. The number of para-hydroxylation sites is 2. The Hall–Kier alpha value is -3.06. The first kappa shape index (κ1) is 27.9. The molecule has 0 aliphatic carbocycles. The average Bonchev–Trinajstić information content (AvgIpc) is 3.07. The van der Waals surface area contributed by atoms with E-state index >= 15 is 0 Å². The molecule has 170 valence electrons. The van der Waals surface area contributed by atoms with Gasteiger partial charge >= 0.3 is 0 Å². The summed E-state index contributed by atoms with van der Waals surface area (Å²) in [4.78, 5) is 25.0. The minimum absolute atomic E-state index is 0.211. The van der Waals surface area contributed by atoms with Crippen LogP contribution in [0.2, 0.25) is 0 Å². The van der Waals surface area contributed by atoms with E-state index in [1.807, 2.05) is 39.8 Å². The zero-order chi connectivity index (χ0) is 23.8. The van der Waals surface area contributed by atoms with Crippen LogP contribution in [0.1, 0.15) is 48.0 Å². The molecule has 1 aromatic heterocycles. The number of hydrogen-bond acceptors (Lipinski definition) is 5. The summed E-state index contributed by atoms with van der Waals surface area (Å²) in [6.45, 7) is 14.6. The molecule has 0 radical (unpaired) electrons. The molecule has 0 atom stereocenters. The number of allylic oxidation sites excluding steroid dienone is 2. The van der Waals surface area contributed by atoms with Gasteiger partial charge in [0.25, 0.3) is 11.8 Å². The fraction of sp³-hybridized carbons (Fsp3) is 0.333. The van der Waals surface area contributed by atoms with E-state index in [0.29, 0.717) is 22.1 Å². The van der Waals surface area contributed by atoms with Crippen LogP contribution in [0.25, 0.3) is 0 Å². The van der Waals surface area contributed by atoms with Crippen molar-refractivity contribution in [3.8, 4) is 11.5 Å². The SMILES string of the molecule is C=CC.C=CCCc1sc(NC(=O)COc2ccccc2OC)c(C(N)=O)c1C.CC. The first-order valence-electron chi connectivity index (χ1n) is 10.0. The van der Waals surface area contributed by atoms with Crippen LogP contribution in [0.5, 0.6) is 11.5 Å². The zero-order valence-electron chi connectivity index (χ0n) is 19.1. The Kier molecular flexibility index (Phi) is 14.2. The number of aryl methyl sites for hydroxylation is 1. The second kappa shape index (κ2) is 15.7. The summed E-state index contributed by atoms with van der Waals surface area (Å²) in [6, 6.07) is 7.05. The third kappa shape index (κ3) is 9.09. The van der Waals surface area contributed by atoms with Gasteiger partial charge in [-0.05, 0) is 44.4 Å². The van der Waals surface area contributed by atoms with E-state index in [1.54, 1.807) is 24.3 Å². The van der Waals surface area contributed by atoms with Gasteiger partial charge in [0, 0.05) is 4.88 Å². The topological polar surface area (TPSA) is 90.7 Å². The lowest BCUT2D eigenvalue weighted by Crippen LogP contribution is -2.22. The molecule has 2 aromatic rings. The smallest absolute Gasteiger partial charge is 0.262 e. The van der Waals surface area contributed by atoms with Crippen molar-refractivity contribution in [2.45, 2.75) is 40.5 Å². The summed E-state index contributed by atoms with van der Waals surface area (Å²) in [7, 11) is 1.53. The number of amides is 2. The van der Waals surface area contributed by atoms with Gasteiger partial charge in [-0.2, -0.15) is 0 Å². The molecule has 0 fully saturated rings. The highest BCUT2D eigenvalue weighted by Crippen LogP contribution is 2.34. The normalized spacial score (nSPS) is 9.19. The monoisotopic (exact) mass is 446 g/mol. The van der Waals surface area contributed by atoms with Gasteiger partial charge in [-0.15, -0.1) is 24.5 Å². The van der Waals surface area contributed by atoms with Crippen molar-refractivity contribution in [2.24, 2.45) is 5.73 Å². The molecule has 0 bridgehead atoms. The molecule has 2 rings (SSSR count). The van der Waals surface area contributed by atoms with E-state index in [1.165, 1.54) is 18.4 Å². The largest absolute Gasteiger partial charge is 0.493 e. The molecule has 0 saturated carbocycles. The van der Waals surface area contributed by atoms with Gasteiger partial charge < -0.3 is 20.5 Å². The molecule has 6 nitrogen and oxygen atoms in total. The van der Waals surface area contributed by atoms with Crippen LogP contribution < -0.4 is 20.5 Å². The molecule has 0 spiro atoms. The molecule has 3 N–H and O–H groups in total. The number of hydrogen-bond donors (Lipinski definition) is 2. The Balaban J connectivity index is 0.00000165. The molecule has 1 aromatic carbocycles. The number of carbonyl (C=O) groups is 2. The molecule has 0 saturated heterocycles. The molecule has 1 heterocycles. The molecule has 7 heteroatoms. The van der Waals surface area contributed by atoms with E-state index in [4.69, 9.17) is 15.2 Å².